The zero-order chi connectivity index (χ0) is 22.7. The Hall–Kier alpha value is -3.46. The van der Waals surface area contributed by atoms with Gasteiger partial charge in [0.2, 0.25) is 5.91 Å². The molecule has 0 bridgehead atoms. The second-order valence-electron chi connectivity index (χ2n) is 7.35. The topological polar surface area (TPSA) is 115 Å². The maximum absolute atomic E-state index is 12.5. The Labute approximate surface area is 184 Å². The maximum Gasteiger partial charge on any atom is 0.351 e. The van der Waals surface area contributed by atoms with Gasteiger partial charge in [0.05, 0.1) is 12.2 Å². The number of aryl methyl sites for hydroxylation is 3. The van der Waals surface area contributed by atoms with Crippen LogP contribution in [0, 0.1) is 20.8 Å². The van der Waals surface area contributed by atoms with Crippen molar-refractivity contribution in [2.24, 2.45) is 0 Å². The number of amides is 2. The van der Waals surface area contributed by atoms with Crippen molar-refractivity contribution in [1.82, 2.24) is 9.88 Å². The highest BCUT2D eigenvalue weighted by atomic mass is 32.1. The average Bonchev–Trinajstić information content (AvgIpc) is 3.04. The molecule has 2 amide bonds. The highest BCUT2D eigenvalue weighted by Crippen LogP contribution is 2.35. The van der Waals surface area contributed by atoms with Crippen LogP contribution in [-0.4, -0.2) is 47.9 Å². The lowest BCUT2D eigenvalue weighted by atomic mass is 10.1. The van der Waals surface area contributed by atoms with Gasteiger partial charge in [-0.05, 0) is 44.5 Å². The first-order valence-corrected chi connectivity index (χ1v) is 10.4. The summed E-state index contributed by atoms with van der Waals surface area (Å²) in [4.78, 5) is 43.4. The van der Waals surface area contributed by atoms with Gasteiger partial charge in [-0.3, -0.25) is 9.59 Å². The number of rotatable bonds is 6. The molecule has 0 aliphatic carbocycles. The number of hydrogen-bond donors (Lipinski definition) is 2. The van der Waals surface area contributed by atoms with E-state index in [4.69, 9.17) is 10.5 Å². The molecular formula is C22H24N4O4S. The highest BCUT2D eigenvalue weighted by molar-refractivity contribution is 7.21. The third-order valence-electron chi connectivity index (χ3n) is 4.68. The van der Waals surface area contributed by atoms with Gasteiger partial charge < -0.3 is 20.7 Å². The molecule has 0 unspecified atom stereocenters. The van der Waals surface area contributed by atoms with Gasteiger partial charge in [0.1, 0.15) is 9.71 Å². The van der Waals surface area contributed by atoms with E-state index in [-0.39, 0.29) is 17.3 Å². The van der Waals surface area contributed by atoms with Crippen LogP contribution in [0.1, 0.15) is 26.5 Å². The molecule has 31 heavy (non-hydrogen) atoms. The van der Waals surface area contributed by atoms with E-state index in [1.807, 2.05) is 39.0 Å². The van der Waals surface area contributed by atoms with Crippen molar-refractivity contribution in [3.8, 4) is 0 Å². The molecular weight excluding hydrogens is 416 g/mol. The van der Waals surface area contributed by atoms with Crippen molar-refractivity contribution in [3.63, 3.8) is 0 Å². The lowest BCUT2D eigenvalue weighted by Crippen LogP contribution is -2.37. The number of ether oxygens (including phenoxy) is 1. The molecule has 3 N–H and O–H groups in total. The van der Waals surface area contributed by atoms with Crippen molar-refractivity contribution in [3.05, 3.63) is 52.0 Å². The summed E-state index contributed by atoms with van der Waals surface area (Å²) in [6.07, 6.45) is 0. The maximum atomic E-state index is 12.5. The van der Waals surface area contributed by atoms with Gasteiger partial charge in [-0.25, -0.2) is 9.78 Å². The number of aromatic nitrogens is 1. The van der Waals surface area contributed by atoms with Crippen LogP contribution in [0.5, 0.6) is 0 Å². The number of nitrogens with zero attached hydrogens (tertiary/aromatic N) is 2. The number of fused-ring (bicyclic) bond motifs is 1. The number of pyridine rings is 1. The van der Waals surface area contributed by atoms with Crippen molar-refractivity contribution >= 4 is 50.7 Å². The Morgan fingerprint density at radius 2 is 1.84 bits per heavy atom. The van der Waals surface area contributed by atoms with E-state index < -0.39 is 18.5 Å². The molecule has 162 valence electrons. The minimum atomic E-state index is -0.691. The molecule has 9 heteroatoms. The fraction of sp³-hybridized carbons (Fsp3) is 0.273. The van der Waals surface area contributed by atoms with Crippen LogP contribution in [0.2, 0.25) is 0 Å². The Morgan fingerprint density at radius 1 is 1.16 bits per heavy atom. The van der Waals surface area contributed by atoms with Crippen LogP contribution < -0.4 is 11.1 Å². The molecule has 0 atom stereocenters. The van der Waals surface area contributed by atoms with E-state index in [9.17, 15) is 14.4 Å². The fourth-order valence-corrected chi connectivity index (χ4v) is 4.18. The summed E-state index contributed by atoms with van der Waals surface area (Å²) >= 11 is 1.13. The van der Waals surface area contributed by atoms with Gasteiger partial charge in [0.15, 0.2) is 6.61 Å². The van der Waals surface area contributed by atoms with Gasteiger partial charge in [0.25, 0.3) is 5.91 Å². The van der Waals surface area contributed by atoms with Crippen molar-refractivity contribution in [1.29, 1.82) is 0 Å². The number of likely N-dealkylation sites (N-methyl/N-ethyl adjacent to an activating group) is 1. The van der Waals surface area contributed by atoms with Crippen LogP contribution in [-0.2, 0) is 14.3 Å². The number of hydrogen-bond acceptors (Lipinski definition) is 7. The molecule has 3 aromatic rings. The highest BCUT2D eigenvalue weighted by Gasteiger charge is 2.22. The van der Waals surface area contributed by atoms with Crippen LogP contribution in [0.25, 0.3) is 10.2 Å². The summed E-state index contributed by atoms with van der Waals surface area (Å²) in [7, 11) is 1.47. The lowest BCUT2D eigenvalue weighted by Gasteiger charge is -2.16. The number of thiophene rings is 1. The standard InChI is InChI=1S/C22H24N4O4S/c1-12-5-7-15(8-6-12)25-16(27)10-26(4)17(28)11-30-22(29)20-19(23)18-13(2)9-14(3)24-21(18)31-20/h5-9H,10-11,23H2,1-4H3,(H,25,27). The van der Waals surface area contributed by atoms with Crippen molar-refractivity contribution < 1.29 is 19.1 Å². The van der Waals surface area contributed by atoms with Gasteiger partial charge in [-0.2, -0.15) is 0 Å². The second-order valence-corrected chi connectivity index (χ2v) is 8.34. The lowest BCUT2D eigenvalue weighted by molar-refractivity contribution is -0.136. The van der Waals surface area contributed by atoms with Gasteiger partial charge in [-0.1, -0.05) is 17.7 Å². The smallest absolute Gasteiger partial charge is 0.351 e. The SMILES string of the molecule is Cc1ccc(NC(=O)CN(C)C(=O)COC(=O)c2sc3nc(C)cc(C)c3c2N)cc1. The fourth-order valence-electron chi connectivity index (χ4n) is 3.06. The molecule has 1 aromatic carbocycles. The first-order valence-electron chi connectivity index (χ1n) is 9.59. The quantitative estimate of drug-likeness (QED) is 0.570. The first-order chi connectivity index (χ1) is 14.7. The molecule has 0 fully saturated rings. The molecule has 8 nitrogen and oxygen atoms in total. The Morgan fingerprint density at radius 3 is 2.52 bits per heavy atom. The third-order valence-corrected chi connectivity index (χ3v) is 5.76. The van der Waals surface area contributed by atoms with Crippen LogP contribution in [0.4, 0.5) is 11.4 Å². The van der Waals surface area contributed by atoms with Crippen molar-refractivity contribution in [2.45, 2.75) is 20.8 Å². The van der Waals surface area contributed by atoms with Crippen LogP contribution in [0.15, 0.2) is 30.3 Å². The Bertz CT molecular complexity index is 1150. The summed E-state index contributed by atoms with van der Waals surface area (Å²) in [6, 6.07) is 9.21. The molecule has 0 radical (unpaired) electrons. The predicted octanol–water partition coefficient (Wildman–Crippen LogP) is 3.06. The zero-order valence-corrected chi connectivity index (χ0v) is 18.6. The third kappa shape index (κ3) is 5.18. The minimum absolute atomic E-state index is 0.169. The van der Waals surface area contributed by atoms with E-state index >= 15 is 0 Å². The molecule has 0 spiro atoms. The summed E-state index contributed by atoms with van der Waals surface area (Å²) in [5.74, 6) is -1.54. The van der Waals surface area contributed by atoms with Crippen LogP contribution >= 0.6 is 11.3 Å². The monoisotopic (exact) mass is 440 g/mol. The van der Waals surface area contributed by atoms with Gasteiger partial charge in [-0.15, -0.1) is 11.3 Å². The molecule has 0 aliphatic heterocycles. The number of esters is 1. The molecule has 2 heterocycles. The van der Waals surface area contributed by atoms with Crippen LogP contribution in [0.3, 0.4) is 0 Å². The largest absolute Gasteiger partial charge is 0.451 e. The molecule has 2 aromatic heterocycles. The normalized spacial score (nSPS) is 10.7. The van der Waals surface area contributed by atoms with E-state index in [0.29, 0.717) is 16.2 Å². The second kappa shape index (κ2) is 9.13. The molecule has 0 aliphatic rings. The summed E-state index contributed by atoms with van der Waals surface area (Å²) in [5, 5.41) is 3.44. The van der Waals surface area contributed by atoms with Gasteiger partial charge in [0, 0.05) is 23.8 Å². The predicted molar refractivity (Wildman–Crippen MR) is 121 cm³/mol. The van der Waals surface area contributed by atoms with E-state index in [2.05, 4.69) is 10.3 Å². The number of nitrogens with one attached hydrogen (secondary N) is 1. The number of benzene rings is 1. The Balaban J connectivity index is 1.57. The van der Waals surface area contributed by atoms with E-state index in [0.717, 1.165) is 33.5 Å². The molecule has 0 saturated heterocycles. The minimum Gasteiger partial charge on any atom is -0.451 e. The number of anilines is 2. The van der Waals surface area contributed by atoms with E-state index in [1.165, 1.54) is 11.9 Å². The summed E-state index contributed by atoms with van der Waals surface area (Å²) < 4.78 is 5.15. The summed E-state index contributed by atoms with van der Waals surface area (Å²) in [5.41, 5.74) is 9.89. The molecule has 0 saturated carbocycles. The number of carbonyl (C=O) groups is 3. The zero-order valence-electron chi connectivity index (χ0n) is 17.8. The van der Waals surface area contributed by atoms with Crippen molar-refractivity contribution in [2.75, 3.05) is 31.2 Å². The number of nitrogens with two attached hydrogens (primary N) is 1. The molecule has 3 rings (SSSR count). The average molecular weight is 441 g/mol. The van der Waals surface area contributed by atoms with Gasteiger partial charge >= 0.3 is 5.97 Å². The first kappa shape index (κ1) is 22.2. The summed E-state index contributed by atoms with van der Waals surface area (Å²) in [6.45, 7) is 5.05. The number of carbonyl (C=O) groups excluding carboxylic acids is 3. The van der Waals surface area contributed by atoms with E-state index in [1.54, 1.807) is 12.1 Å². The number of nitrogen functional groups attached to an aromatic ring is 1. The Kier molecular flexibility index (Phi) is 6.55.